The van der Waals surface area contributed by atoms with E-state index in [1.54, 1.807) is 6.20 Å². The Morgan fingerprint density at radius 3 is 2.45 bits per heavy atom. The maximum atomic E-state index is 13.4. The van der Waals surface area contributed by atoms with E-state index in [4.69, 9.17) is 9.47 Å². The Morgan fingerprint density at radius 1 is 1.18 bits per heavy atom. The van der Waals surface area contributed by atoms with Crippen molar-refractivity contribution < 1.29 is 19.1 Å². The van der Waals surface area contributed by atoms with E-state index in [0.717, 1.165) is 30.4 Å². The zero-order valence-corrected chi connectivity index (χ0v) is 20.4. The van der Waals surface area contributed by atoms with Gasteiger partial charge in [0.1, 0.15) is 31.4 Å². The van der Waals surface area contributed by atoms with Gasteiger partial charge in [0.2, 0.25) is 0 Å². The Hall–Kier alpha value is -2.09. The van der Waals surface area contributed by atoms with Crippen molar-refractivity contribution in [2.75, 3.05) is 32.8 Å². The van der Waals surface area contributed by atoms with Crippen molar-refractivity contribution in [3.05, 3.63) is 29.6 Å². The van der Waals surface area contributed by atoms with Gasteiger partial charge in [0, 0.05) is 42.7 Å². The van der Waals surface area contributed by atoms with Crippen LogP contribution in [-0.4, -0.2) is 96.7 Å². The first-order valence-corrected chi connectivity index (χ1v) is 12.1. The van der Waals surface area contributed by atoms with Crippen LogP contribution in [0.3, 0.4) is 0 Å². The Balaban J connectivity index is 1.15. The average molecular weight is 448 g/mol. The van der Waals surface area contributed by atoms with Gasteiger partial charge in [-0.3, -0.25) is 4.98 Å². The maximum Gasteiger partial charge on any atom is 0.410 e. The molecule has 172 valence electrons. The number of urea groups is 1. The number of carbonyl (C=O) groups is 2. The summed E-state index contributed by atoms with van der Waals surface area (Å²) in [4.78, 5) is 33.9. The van der Waals surface area contributed by atoms with E-state index in [2.05, 4.69) is 41.7 Å². The summed E-state index contributed by atoms with van der Waals surface area (Å²) < 4.78 is 10.8. The number of hydrogen-bond donors (Lipinski definition) is 1. The standard InChI is InChI=1S/C21H32B4N4O4/c1-18(11-32-12-18)33-17(31)28-6-3-19(4-7-28)8-13(19)9-27-16(30)29-20(22,23)14-2-5-26-10-15(14)21(29,24)25/h2,5,10,13H,3-4,6-9,11-12,22-25H2,1H3,(H,27,30). The Kier molecular flexibility index (Phi) is 5.13. The molecule has 8 nitrogen and oxygen atoms in total. The third-order valence-corrected chi connectivity index (χ3v) is 8.48. The molecule has 4 heterocycles. The molecule has 0 aromatic carbocycles. The number of nitrogens with zero attached hydrogens (tertiary/aromatic N) is 3. The fourth-order valence-corrected chi connectivity index (χ4v) is 6.34. The monoisotopic (exact) mass is 448 g/mol. The molecule has 33 heavy (non-hydrogen) atoms. The van der Waals surface area contributed by atoms with Crippen molar-refractivity contribution in [2.24, 2.45) is 11.3 Å². The van der Waals surface area contributed by atoms with Gasteiger partial charge in [-0.25, -0.2) is 9.59 Å². The van der Waals surface area contributed by atoms with Crippen molar-refractivity contribution >= 4 is 43.5 Å². The molecule has 5 rings (SSSR count). The lowest BCUT2D eigenvalue weighted by Gasteiger charge is -2.42. The summed E-state index contributed by atoms with van der Waals surface area (Å²) in [5.74, 6) is 0.468. The average Bonchev–Trinajstić information content (AvgIpc) is 3.38. The quantitative estimate of drug-likeness (QED) is 0.536. The van der Waals surface area contributed by atoms with Gasteiger partial charge in [-0.2, -0.15) is 0 Å². The van der Waals surface area contributed by atoms with Crippen LogP contribution >= 0.6 is 0 Å². The third kappa shape index (κ3) is 3.65. The Morgan fingerprint density at radius 2 is 1.85 bits per heavy atom. The molecule has 1 aliphatic carbocycles. The minimum Gasteiger partial charge on any atom is -0.438 e. The first-order valence-electron chi connectivity index (χ1n) is 12.1. The van der Waals surface area contributed by atoms with E-state index >= 15 is 0 Å². The van der Waals surface area contributed by atoms with Gasteiger partial charge in [0.05, 0.1) is 13.2 Å². The molecule has 12 heteroatoms. The van der Waals surface area contributed by atoms with Crippen LogP contribution in [0.2, 0.25) is 0 Å². The van der Waals surface area contributed by atoms with Crippen molar-refractivity contribution in [2.45, 2.75) is 42.5 Å². The minimum absolute atomic E-state index is 0.0276. The van der Waals surface area contributed by atoms with E-state index in [-0.39, 0.29) is 17.5 Å². The highest BCUT2D eigenvalue weighted by Gasteiger charge is 2.56. The fourth-order valence-electron chi connectivity index (χ4n) is 6.34. The van der Waals surface area contributed by atoms with Crippen molar-refractivity contribution in [1.29, 1.82) is 0 Å². The molecule has 2 saturated heterocycles. The first-order chi connectivity index (χ1) is 15.5. The molecular formula is C21H32B4N4O4. The highest BCUT2D eigenvalue weighted by atomic mass is 16.6. The molecular weight excluding hydrogens is 416 g/mol. The fraction of sp³-hybridized carbons (Fsp3) is 0.667. The topological polar surface area (TPSA) is 84.0 Å². The van der Waals surface area contributed by atoms with Gasteiger partial charge >= 0.3 is 12.1 Å². The lowest BCUT2D eigenvalue weighted by Crippen LogP contribution is -2.59. The van der Waals surface area contributed by atoms with Crippen molar-refractivity contribution in [3.8, 4) is 0 Å². The number of fused-ring (bicyclic) bond motifs is 1. The lowest BCUT2D eigenvalue weighted by atomic mass is 9.57. The highest BCUT2D eigenvalue weighted by molar-refractivity contribution is 6.47. The number of nitrogens with one attached hydrogen (secondary N) is 1. The van der Waals surface area contributed by atoms with E-state index in [1.807, 2.05) is 29.0 Å². The van der Waals surface area contributed by atoms with Crippen LogP contribution in [-0.2, 0) is 20.1 Å². The van der Waals surface area contributed by atoms with Gasteiger partial charge in [0.25, 0.3) is 0 Å². The minimum atomic E-state index is -0.467. The molecule has 0 radical (unpaired) electrons. The molecule has 1 spiro atoms. The molecule has 4 aliphatic rings. The number of amides is 3. The molecule has 0 bridgehead atoms. The van der Waals surface area contributed by atoms with Crippen LogP contribution < -0.4 is 5.32 Å². The summed E-state index contributed by atoms with van der Waals surface area (Å²) >= 11 is 0. The maximum absolute atomic E-state index is 13.4. The number of carbonyl (C=O) groups excluding carboxylic acids is 2. The number of pyridine rings is 1. The van der Waals surface area contributed by atoms with Gasteiger partial charge in [-0.15, -0.1) is 0 Å². The SMILES string of the molecule is BC1(B)c2ccncc2C(B)(B)N1C(=O)NCC1CC12CCN(C(=O)OC1(C)COC1)CC2. The lowest BCUT2D eigenvalue weighted by molar-refractivity contribution is -0.172. The van der Waals surface area contributed by atoms with Crippen LogP contribution in [0.1, 0.15) is 37.3 Å². The predicted molar refractivity (Wildman–Crippen MR) is 134 cm³/mol. The zero-order chi connectivity index (χ0) is 23.6. The number of rotatable bonds is 3. The molecule has 3 fully saturated rings. The van der Waals surface area contributed by atoms with Crippen molar-refractivity contribution in [1.82, 2.24) is 20.1 Å². The number of likely N-dealkylation sites (tertiary alicyclic amines) is 1. The van der Waals surface area contributed by atoms with E-state index in [1.165, 1.54) is 0 Å². The van der Waals surface area contributed by atoms with Gasteiger partial charge in [-0.05, 0) is 54.7 Å². The highest BCUT2D eigenvalue weighted by Crippen LogP contribution is 2.59. The van der Waals surface area contributed by atoms with Crippen LogP contribution in [0.15, 0.2) is 18.5 Å². The number of hydrogen-bond acceptors (Lipinski definition) is 5. The largest absolute Gasteiger partial charge is 0.438 e. The summed E-state index contributed by atoms with van der Waals surface area (Å²) in [5.41, 5.74) is 2.04. The van der Waals surface area contributed by atoms with E-state index in [9.17, 15) is 9.59 Å². The normalized spacial score (nSPS) is 27.4. The van der Waals surface area contributed by atoms with Gasteiger partial charge < -0.3 is 24.6 Å². The van der Waals surface area contributed by atoms with Gasteiger partial charge in [0.15, 0.2) is 5.60 Å². The van der Waals surface area contributed by atoms with Crippen LogP contribution in [0.4, 0.5) is 9.59 Å². The number of ether oxygens (including phenoxy) is 2. The molecule has 1 saturated carbocycles. The molecule has 1 atom stereocenters. The Bertz CT molecular complexity index is 944. The molecule has 3 aliphatic heterocycles. The summed E-state index contributed by atoms with van der Waals surface area (Å²) in [6.45, 7) is 4.98. The third-order valence-electron chi connectivity index (χ3n) is 8.48. The smallest absolute Gasteiger partial charge is 0.410 e. The zero-order valence-electron chi connectivity index (χ0n) is 20.4. The van der Waals surface area contributed by atoms with E-state index < -0.39 is 16.3 Å². The second-order valence-corrected chi connectivity index (χ2v) is 11.6. The molecule has 1 aromatic rings. The van der Waals surface area contributed by atoms with Gasteiger partial charge in [-0.1, -0.05) is 0 Å². The summed E-state index contributed by atoms with van der Waals surface area (Å²) in [6, 6.07) is 2.00. The predicted octanol–water partition coefficient (Wildman–Crippen LogP) is -2.11. The molecule has 1 aromatic heterocycles. The summed E-state index contributed by atoms with van der Waals surface area (Å²) in [6.07, 6.45) is 6.50. The Labute approximate surface area is 199 Å². The van der Waals surface area contributed by atoms with Crippen molar-refractivity contribution in [3.63, 3.8) is 0 Å². The number of piperidine rings is 1. The second kappa shape index (κ2) is 7.45. The molecule has 1 N–H and O–H groups in total. The van der Waals surface area contributed by atoms with E-state index in [0.29, 0.717) is 38.8 Å². The van der Waals surface area contributed by atoms with Crippen LogP contribution in [0, 0.1) is 11.3 Å². The molecule has 1 unspecified atom stereocenters. The van der Waals surface area contributed by atoms with Crippen LogP contribution in [0.5, 0.6) is 0 Å². The second-order valence-electron chi connectivity index (χ2n) is 11.6. The molecule has 3 amide bonds. The van der Waals surface area contributed by atoms with Crippen LogP contribution in [0.25, 0.3) is 0 Å². The first kappa shape index (κ1) is 22.7. The summed E-state index contributed by atoms with van der Waals surface area (Å²) in [7, 11) is 8.38. The number of aromatic nitrogens is 1. The summed E-state index contributed by atoms with van der Waals surface area (Å²) in [5, 5.41) is 2.41.